The number of amides is 1. The molecule has 0 spiro atoms. The number of benzene rings is 1. The molecule has 1 aromatic heterocycles. The molecule has 3 rings (SSSR count). The maximum Gasteiger partial charge on any atom is 0.233 e. The minimum absolute atomic E-state index is 0.222. The quantitative estimate of drug-likeness (QED) is 0.537. The molecule has 0 saturated carbocycles. The second-order valence-electron chi connectivity index (χ2n) is 6.27. The van der Waals surface area contributed by atoms with E-state index in [1.807, 2.05) is 31.2 Å². The zero-order valence-electron chi connectivity index (χ0n) is 14.6. The SMILES string of the molecule is CCC1CCCCN1C(=O)CSc1nn(-c2ccccc2C)c(=S)s1. The van der Waals surface area contributed by atoms with Crippen LogP contribution in [0.15, 0.2) is 28.6 Å². The molecule has 1 aliphatic rings. The van der Waals surface area contributed by atoms with Crippen LogP contribution >= 0.6 is 35.3 Å². The van der Waals surface area contributed by atoms with Crippen molar-refractivity contribution in [3.05, 3.63) is 33.8 Å². The number of thioether (sulfide) groups is 1. The Bertz CT molecular complexity index is 799. The van der Waals surface area contributed by atoms with Crippen molar-refractivity contribution in [2.24, 2.45) is 0 Å². The van der Waals surface area contributed by atoms with Gasteiger partial charge in [0.05, 0.1) is 11.4 Å². The van der Waals surface area contributed by atoms with Crippen molar-refractivity contribution in [3.8, 4) is 5.69 Å². The van der Waals surface area contributed by atoms with Crippen molar-refractivity contribution in [1.82, 2.24) is 14.7 Å². The molecule has 1 saturated heterocycles. The van der Waals surface area contributed by atoms with Gasteiger partial charge in [0.1, 0.15) is 0 Å². The minimum Gasteiger partial charge on any atom is -0.339 e. The summed E-state index contributed by atoms with van der Waals surface area (Å²) < 4.78 is 3.37. The number of nitrogens with zero attached hydrogens (tertiary/aromatic N) is 3. The molecule has 0 bridgehead atoms. The zero-order chi connectivity index (χ0) is 17.8. The standard InChI is InChI=1S/C18H23N3OS3/c1-3-14-9-6-7-11-20(14)16(22)12-24-17-19-21(18(23)25-17)15-10-5-4-8-13(15)2/h4-5,8,10,14H,3,6-7,9,11-12H2,1-2H3. The summed E-state index contributed by atoms with van der Waals surface area (Å²) in [7, 11) is 0. The van der Waals surface area contributed by atoms with E-state index in [-0.39, 0.29) is 5.91 Å². The highest BCUT2D eigenvalue weighted by molar-refractivity contribution is 8.01. The Hall–Kier alpha value is -1.18. The lowest BCUT2D eigenvalue weighted by Gasteiger charge is -2.35. The number of likely N-dealkylation sites (tertiary alicyclic amines) is 1. The van der Waals surface area contributed by atoms with Crippen LogP contribution in [0.25, 0.3) is 5.69 Å². The number of carbonyl (C=O) groups is 1. The van der Waals surface area contributed by atoms with Gasteiger partial charge in [-0.2, -0.15) is 0 Å². The zero-order valence-corrected chi connectivity index (χ0v) is 17.1. The average molecular weight is 394 g/mol. The Morgan fingerprint density at radius 3 is 2.96 bits per heavy atom. The number of aryl methyl sites for hydroxylation is 1. The van der Waals surface area contributed by atoms with E-state index < -0.39 is 0 Å². The van der Waals surface area contributed by atoms with Crippen molar-refractivity contribution in [3.63, 3.8) is 0 Å². The van der Waals surface area contributed by atoms with Gasteiger partial charge in [0, 0.05) is 12.6 Å². The van der Waals surface area contributed by atoms with E-state index >= 15 is 0 Å². The lowest BCUT2D eigenvalue weighted by molar-refractivity contribution is -0.132. The van der Waals surface area contributed by atoms with Gasteiger partial charge in [-0.05, 0) is 56.5 Å². The van der Waals surface area contributed by atoms with Crippen LogP contribution in [0.5, 0.6) is 0 Å². The van der Waals surface area contributed by atoms with Crippen LogP contribution in [0.4, 0.5) is 0 Å². The normalized spacial score (nSPS) is 17.7. The molecule has 7 heteroatoms. The highest BCUT2D eigenvalue weighted by Crippen LogP contribution is 2.27. The second-order valence-corrected chi connectivity index (χ2v) is 9.11. The van der Waals surface area contributed by atoms with Crippen LogP contribution in [0.2, 0.25) is 0 Å². The average Bonchev–Trinajstić information content (AvgIpc) is 3.00. The summed E-state index contributed by atoms with van der Waals surface area (Å²) in [4.78, 5) is 14.7. The lowest BCUT2D eigenvalue weighted by atomic mass is 10.0. The van der Waals surface area contributed by atoms with Crippen LogP contribution in [-0.2, 0) is 4.79 Å². The summed E-state index contributed by atoms with van der Waals surface area (Å²) >= 11 is 8.44. The van der Waals surface area contributed by atoms with Crippen molar-refractivity contribution >= 4 is 41.2 Å². The van der Waals surface area contributed by atoms with E-state index in [9.17, 15) is 4.79 Å². The third-order valence-corrected chi connectivity index (χ3v) is 6.96. The molecule has 1 aromatic carbocycles. The molecule has 1 atom stereocenters. The molecular formula is C18H23N3OS3. The summed E-state index contributed by atoms with van der Waals surface area (Å²) in [6.45, 7) is 5.11. The van der Waals surface area contributed by atoms with Gasteiger partial charge in [-0.15, -0.1) is 5.10 Å². The Kier molecular flexibility index (Phi) is 6.30. The van der Waals surface area contributed by atoms with Crippen molar-refractivity contribution < 1.29 is 4.79 Å². The monoisotopic (exact) mass is 393 g/mol. The molecular weight excluding hydrogens is 370 g/mol. The van der Waals surface area contributed by atoms with Crippen LogP contribution in [0.3, 0.4) is 0 Å². The van der Waals surface area contributed by atoms with E-state index in [0.717, 1.165) is 41.4 Å². The van der Waals surface area contributed by atoms with E-state index in [4.69, 9.17) is 12.2 Å². The Labute approximate surface area is 162 Å². The smallest absolute Gasteiger partial charge is 0.233 e. The van der Waals surface area contributed by atoms with Gasteiger partial charge in [0.15, 0.2) is 8.29 Å². The predicted octanol–water partition coefficient (Wildman–Crippen LogP) is 4.85. The Morgan fingerprint density at radius 2 is 2.20 bits per heavy atom. The molecule has 0 aliphatic carbocycles. The first-order valence-corrected chi connectivity index (χ1v) is 10.9. The molecule has 134 valence electrons. The molecule has 2 heterocycles. The van der Waals surface area contributed by atoms with Gasteiger partial charge in [0.2, 0.25) is 5.91 Å². The minimum atomic E-state index is 0.222. The fraction of sp³-hybridized carbons (Fsp3) is 0.500. The number of hydrogen-bond donors (Lipinski definition) is 0. The van der Waals surface area contributed by atoms with Gasteiger partial charge in [-0.1, -0.05) is 48.2 Å². The molecule has 1 unspecified atom stereocenters. The van der Waals surface area contributed by atoms with Crippen molar-refractivity contribution in [2.75, 3.05) is 12.3 Å². The van der Waals surface area contributed by atoms with Gasteiger partial charge in [-0.25, -0.2) is 4.68 Å². The topological polar surface area (TPSA) is 38.1 Å². The van der Waals surface area contributed by atoms with E-state index in [0.29, 0.717) is 15.7 Å². The first kappa shape index (κ1) is 18.6. The molecule has 0 radical (unpaired) electrons. The maximum absolute atomic E-state index is 12.6. The fourth-order valence-corrected chi connectivity index (χ4v) is 5.47. The highest BCUT2D eigenvalue weighted by atomic mass is 32.2. The summed E-state index contributed by atoms with van der Waals surface area (Å²) in [5, 5.41) is 4.62. The Morgan fingerprint density at radius 1 is 1.40 bits per heavy atom. The summed E-state index contributed by atoms with van der Waals surface area (Å²) in [6, 6.07) is 8.47. The van der Waals surface area contributed by atoms with E-state index in [2.05, 4.69) is 16.9 Å². The maximum atomic E-state index is 12.6. The largest absolute Gasteiger partial charge is 0.339 e. The lowest BCUT2D eigenvalue weighted by Crippen LogP contribution is -2.44. The summed E-state index contributed by atoms with van der Waals surface area (Å²) in [5.41, 5.74) is 2.14. The first-order chi connectivity index (χ1) is 12.1. The fourth-order valence-electron chi connectivity index (χ4n) is 3.23. The summed E-state index contributed by atoms with van der Waals surface area (Å²) in [5.74, 6) is 0.659. The summed E-state index contributed by atoms with van der Waals surface area (Å²) in [6.07, 6.45) is 4.52. The molecule has 0 N–H and O–H groups in total. The van der Waals surface area contributed by atoms with Gasteiger partial charge < -0.3 is 4.90 Å². The number of aromatic nitrogens is 2. The third kappa shape index (κ3) is 4.33. The van der Waals surface area contributed by atoms with Crippen molar-refractivity contribution in [2.45, 2.75) is 49.9 Å². The first-order valence-electron chi connectivity index (χ1n) is 8.68. The molecule has 1 amide bonds. The van der Waals surface area contributed by atoms with E-state index in [1.54, 1.807) is 4.68 Å². The molecule has 4 nitrogen and oxygen atoms in total. The third-order valence-electron chi connectivity index (χ3n) is 4.61. The molecule has 1 fully saturated rings. The number of rotatable bonds is 5. The van der Waals surface area contributed by atoms with Crippen LogP contribution in [0.1, 0.15) is 38.2 Å². The Balaban J connectivity index is 1.68. The predicted molar refractivity (Wildman–Crippen MR) is 107 cm³/mol. The van der Waals surface area contributed by atoms with Gasteiger partial charge in [-0.3, -0.25) is 4.79 Å². The molecule has 1 aliphatic heterocycles. The number of hydrogen-bond acceptors (Lipinski definition) is 5. The van der Waals surface area contributed by atoms with Gasteiger partial charge >= 0.3 is 0 Å². The van der Waals surface area contributed by atoms with Crippen molar-refractivity contribution in [1.29, 1.82) is 0 Å². The molecule has 25 heavy (non-hydrogen) atoms. The number of carbonyl (C=O) groups excluding carboxylic acids is 1. The van der Waals surface area contributed by atoms with Gasteiger partial charge in [0.25, 0.3) is 0 Å². The van der Waals surface area contributed by atoms with Crippen LogP contribution in [-0.4, -0.2) is 38.9 Å². The van der Waals surface area contributed by atoms with E-state index in [1.165, 1.54) is 29.5 Å². The second kappa shape index (κ2) is 8.47. The highest BCUT2D eigenvalue weighted by Gasteiger charge is 2.25. The van der Waals surface area contributed by atoms with Crippen LogP contribution < -0.4 is 0 Å². The number of para-hydroxylation sites is 1. The molecule has 2 aromatic rings. The van der Waals surface area contributed by atoms with Crippen LogP contribution in [0, 0.1) is 10.9 Å². The number of piperidine rings is 1.